The van der Waals surface area contributed by atoms with Crippen LogP contribution in [0.3, 0.4) is 0 Å². The molecule has 2 saturated heterocycles. The molecule has 0 radical (unpaired) electrons. The van der Waals surface area contributed by atoms with Crippen molar-refractivity contribution >= 4 is 24.0 Å². The molecule has 0 amide bonds. The van der Waals surface area contributed by atoms with Crippen LogP contribution >= 0.6 is 0 Å². The molecule has 2 fully saturated rings. The van der Waals surface area contributed by atoms with E-state index in [0.29, 0.717) is 61.4 Å². The molecule has 82 heavy (non-hydrogen) atoms. The van der Waals surface area contributed by atoms with E-state index >= 15 is 0 Å². The fraction of sp³-hybridized carbons (Fsp3) is 0.691. The molecule has 0 aromatic heterocycles. The number of carbonyl (C=O) groups excluding carboxylic acids is 3. The van der Waals surface area contributed by atoms with Gasteiger partial charge in [-0.3, -0.25) is 9.59 Å². The largest absolute Gasteiger partial charge is 0.493 e. The van der Waals surface area contributed by atoms with Gasteiger partial charge in [-0.05, 0) is 54.8 Å². The monoisotopic (exact) mass is 1180 g/mol. The van der Waals surface area contributed by atoms with Crippen molar-refractivity contribution in [2.45, 2.75) is 88.6 Å². The molecule has 4 rings (SSSR count). The molecular weight excluding hydrogens is 1090 g/mol. The quantitative estimate of drug-likeness (QED) is 0.0303. The average Bonchev–Trinajstić information content (AvgIpc) is 3.66. The summed E-state index contributed by atoms with van der Waals surface area (Å²) in [5.74, 6) is -0.763. The summed E-state index contributed by atoms with van der Waals surface area (Å²) in [7, 11) is 10.7. The van der Waals surface area contributed by atoms with E-state index < -0.39 is 79.3 Å². The third kappa shape index (κ3) is 25.1. The molecule has 2 aliphatic heterocycles. The minimum Gasteiger partial charge on any atom is -0.493 e. The van der Waals surface area contributed by atoms with Crippen LogP contribution in [-0.4, -0.2) is 242 Å². The fourth-order valence-electron chi connectivity index (χ4n) is 7.95. The van der Waals surface area contributed by atoms with Gasteiger partial charge in [-0.25, -0.2) is 4.79 Å². The molecular formula is C55H84O27. The lowest BCUT2D eigenvalue weighted by Gasteiger charge is -2.49. The maximum atomic E-state index is 14.3. The summed E-state index contributed by atoms with van der Waals surface area (Å²) in [6.45, 7) is 5.38. The SMILES string of the molecule is COCCOCOC[C@H]1O[C@@H](OCCc2ccc(OC)c(OCOCCOC)c2)[C@H](OCOCCOC)[C@@H](O[C@@H]2O[C@@H](C)[C@H](OCOCCOC)[C@@H](OC(C)=O)[C@H]2OC(C)=O)[C@@H]1OC(=O)/C=C/c1ccc(OCOCCOC)c(OC)c1. The van der Waals surface area contributed by atoms with Crippen molar-refractivity contribution < 1.29 is 128 Å². The zero-order valence-corrected chi connectivity index (χ0v) is 48.6. The molecule has 2 aromatic rings. The second kappa shape index (κ2) is 41.2. The topological polar surface area (TPSA) is 273 Å². The van der Waals surface area contributed by atoms with Gasteiger partial charge in [0, 0.05) is 55.5 Å². The van der Waals surface area contributed by atoms with E-state index in [1.54, 1.807) is 51.5 Å². The molecule has 0 unspecified atom stereocenters. The molecule has 466 valence electrons. The molecule has 0 N–H and O–H groups in total. The number of esters is 3. The van der Waals surface area contributed by atoms with Gasteiger partial charge in [0.15, 0.2) is 67.5 Å². The molecule has 27 heteroatoms. The first kappa shape index (κ1) is 69.6. The first-order valence-electron chi connectivity index (χ1n) is 26.5. The molecule has 0 bridgehead atoms. The number of rotatable bonds is 44. The summed E-state index contributed by atoms with van der Waals surface area (Å²) in [4.78, 5) is 40.2. The van der Waals surface area contributed by atoms with Gasteiger partial charge in [0.1, 0.15) is 44.8 Å². The van der Waals surface area contributed by atoms with E-state index in [4.69, 9.17) is 114 Å². The van der Waals surface area contributed by atoms with Crippen LogP contribution in [-0.2, 0) is 116 Å². The average molecular weight is 1180 g/mol. The number of methoxy groups -OCH3 is 7. The van der Waals surface area contributed by atoms with Gasteiger partial charge in [-0.1, -0.05) is 12.1 Å². The highest BCUT2D eigenvalue weighted by molar-refractivity contribution is 5.87. The van der Waals surface area contributed by atoms with E-state index in [1.165, 1.54) is 54.6 Å². The van der Waals surface area contributed by atoms with Crippen LogP contribution in [0.25, 0.3) is 6.08 Å². The van der Waals surface area contributed by atoms with E-state index in [1.807, 2.05) is 6.07 Å². The summed E-state index contributed by atoms with van der Waals surface area (Å²) < 4.78 is 139. The normalized spacial score (nSPS) is 22.7. The number of hydrogen-bond donors (Lipinski definition) is 0. The maximum Gasteiger partial charge on any atom is 0.331 e. The summed E-state index contributed by atoms with van der Waals surface area (Å²) in [6.07, 6.45) is -10.3. The highest BCUT2D eigenvalue weighted by Gasteiger charge is 2.56. The Morgan fingerprint density at radius 1 is 0.476 bits per heavy atom. The van der Waals surface area contributed by atoms with Gasteiger partial charge in [-0.15, -0.1) is 0 Å². The number of carbonyl (C=O) groups is 3. The van der Waals surface area contributed by atoms with Crippen LogP contribution in [0.2, 0.25) is 0 Å². The van der Waals surface area contributed by atoms with E-state index in [9.17, 15) is 14.4 Å². The predicted molar refractivity (Wildman–Crippen MR) is 284 cm³/mol. The molecule has 2 aliphatic rings. The Morgan fingerprint density at radius 3 is 1.61 bits per heavy atom. The summed E-state index contributed by atoms with van der Waals surface area (Å²) in [6, 6.07) is 10.4. The van der Waals surface area contributed by atoms with Gasteiger partial charge in [-0.2, -0.15) is 0 Å². The second-order valence-electron chi connectivity index (χ2n) is 17.8. The molecule has 2 heterocycles. The first-order valence-corrected chi connectivity index (χ1v) is 26.5. The van der Waals surface area contributed by atoms with E-state index in [-0.39, 0.29) is 86.8 Å². The Balaban J connectivity index is 1.80. The third-order valence-electron chi connectivity index (χ3n) is 11.9. The van der Waals surface area contributed by atoms with Crippen molar-refractivity contribution in [3.8, 4) is 23.0 Å². The minimum atomic E-state index is -1.59. The molecule has 2 aromatic carbocycles. The molecule has 0 aliphatic carbocycles. The smallest absolute Gasteiger partial charge is 0.331 e. The van der Waals surface area contributed by atoms with Gasteiger partial charge < -0.3 is 114 Å². The molecule has 27 nitrogen and oxygen atoms in total. The number of benzene rings is 2. The molecule has 10 atom stereocenters. The van der Waals surface area contributed by atoms with Crippen LogP contribution in [0, 0.1) is 0 Å². The van der Waals surface area contributed by atoms with Crippen molar-refractivity contribution in [1.82, 2.24) is 0 Å². The first-order chi connectivity index (χ1) is 39.9. The highest BCUT2D eigenvalue weighted by Crippen LogP contribution is 2.36. The van der Waals surface area contributed by atoms with Crippen LogP contribution in [0.4, 0.5) is 0 Å². The lowest BCUT2D eigenvalue weighted by molar-refractivity contribution is -0.371. The standard InChI is InChI=1S/C55H84O27/c1-37-48(75-35-69-27-22-62-7)50(78-38(2)56)53(79-39(3)57)55(77-37)82-51-49(81-47(58)16-13-40-12-15-43(44(29-40)65-10)73-33-67-25-20-60-5)46(31-71-32-66-24-19-59-4)80-54(52(51)76-36-70-28-23-63-8)72-18-17-41-11-14-42(64-9)45(30-41)74-34-68-26-21-61-6/h11-16,29-30,37,46,48-55H,17-28,31-36H2,1-10H3/b16-13+/t37-,46+,48-,49+,50+,51-,52+,53+,54+,55-/m0/s1. The zero-order chi connectivity index (χ0) is 59.3. The summed E-state index contributed by atoms with van der Waals surface area (Å²) in [5.41, 5.74) is 1.31. The summed E-state index contributed by atoms with van der Waals surface area (Å²) in [5, 5.41) is 0. The highest BCUT2D eigenvalue weighted by atomic mass is 16.8. The van der Waals surface area contributed by atoms with Crippen LogP contribution in [0.15, 0.2) is 42.5 Å². The lowest BCUT2D eigenvalue weighted by atomic mass is 9.96. The summed E-state index contributed by atoms with van der Waals surface area (Å²) >= 11 is 0. The number of ether oxygens (including phenoxy) is 24. The van der Waals surface area contributed by atoms with Crippen LogP contribution in [0.1, 0.15) is 31.9 Å². The van der Waals surface area contributed by atoms with E-state index in [2.05, 4.69) is 0 Å². The van der Waals surface area contributed by atoms with Crippen molar-refractivity contribution in [1.29, 1.82) is 0 Å². The van der Waals surface area contributed by atoms with Crippen molar-refractivity contribution in [3.63, 3.8) is 0 Å². The number of hydrogen-bond acceptors (Lipinski definition) is 27. The van der Waals surface area contributed by atoms with Crippen molar-refractivity contribution in [3.05, 3.63) is 53.6 Å². The maximum absolute atomic E-state index is 14.3. The van der Waals surface area contributed by atoms with E-state index in [0.717, 1.165) is 12.5 Å². The third-order valence-corrected chi connectivity index (χ3v) is 11.9. The fourth-order valence-corrected chi connectivity index (χ4v) is 7.95. The Bertz CT molecular complexity index is 2100. The molecule has 0 saturated carbocycles. The van der Waals surface area contributed by atoms with Crippen molar-refractivity contribution in [2.75, 3.05) is 163 Å². The van der Waals surface area contributed by atoms with Gasteiger partial charge in [0.05, 0.1) is 99.6 Å². The minimum absolute atomic E-state index is 0.0000497. The Labute approximate surface area is 479 Å². The van der Waals surface area contributed by atoms with Gasteiger partial charge in [0.25, 0.3) is 0 Å². The van der Waals surface area contributed by atoms with Crippen molar-refractivity contribution in [2.24, 2.45) is 0 Å². The Morgan fingerprint density at radius 2 is 1.02 bits per heavy atom. The second-order valence-corrected chi connectivity index (χ2v) is 17.8. The zero-order valence-electron chi connectivity index (χ0n) is 48.6. The van der Waals surface area contributed by atoms with Gasteiger partial charge in [0.2, 0.25) is 0 Å². The predicted octanol–water partition coefficient (Wildman–Crippen LogP) is 3.25. The van der Waals surface area contributed by atoms with Crippen LogP contribution in [0.5, 0.6) is 23.0 Å². The Hall–Kier alpha value is -4.89. The Kier molecular flexibility index (Phi) is 35.0. The van der Waals surface area contributed by atoms with Gasteiger partial charge >= 0.3 is 17.9 Å². The lowest BCUT2D eigenvalue weighted by Crippen LogP contribution is -2.66. The van der Waals surface area contributed by atoms with Crippen LogP contribution < -0.4 is 18.9 Å². The molecule has 0 spiro atoms.